The lowest BCUT2D eigenvalue weighted by Gasteiger charge is -2.20. The number of ketones is 1. The van der Waals surface area contributed by atoms with Gasteiger partial charge in [-0.3, -0.25) is 9.59 Å². The Balaban J connectivity index is 2.06. The standard InChI is InChI=1S/C18H19NO2/c1-12-6-7-14(10-13(12)2)11-19-16-4-3-5-17(20)15(16)8-9-18(19)21/h6-10H,3-5,11H2,1-2H3. The van der Waals surface area contributed by atoms with E-state index in [4.69, 9.17) is 0 Å². The molecule has 21 heavy (non-hydrogen) atoms. The maximum absolute atomic E-state index is 12.2. The van der Waals surface area contributed by atoms with Crippen molar-refractivity contribution < 1.29 is 4.79 Å². The van der Waals surface area contributed by atoms with Crippen molar-refractivity contribution in [3.63, 3.8) is 0 Å². The summed E-state index contributed by atoms with van der Waals surface area (Å²) in [4.78, 5) is 24.2. The number of hydrogen-bond acceptors (Lipinski definition) is 2. The van der Waals surface area contributed by atoms with Crippen molar-refractivity contribution in [3.8, 4) is 0 Å². The van der Waals surface area contributed by atoms with Gasteiger partial charge in [0.25, 0.3) is 5.56 Å². The Morgan fingerprint density at radius 1 is 1.00 bits per heavy atom. The van der Waals surface area contributed by atoms with E-state index in [0.717, 1.165) is 29.7 Å². The van der Waals surface area contributed by atoms with Crippen molar-refractivity contribution in [2.75, 3.05) is 0 Å². The molecule has 1 aromatic carbocycles. The molecule has 1 aromatic heterocycles. The minimum atomic E-state index is -0.0262. The first kappa shape index (κ1) is 13.8. The number of Topliss-reactive ketones (excluding diaryl/α,β-unsaturated/α-hetero) is 1. The second-order valence-electron chi connectivity index (χ2n) is 5.81. The fourth-order valence-corrected chi connectivity index (χ4v) is 2.95. The van der Waals surface area contributed by atoms with Crippen LogP contribution in [0.5, 0.6) is 0 Å². The van der Waals surface area contributed by atoms with Crippen molar-refractivity contribution in [2.24, 2.45) is 0 Å². The number of carbonyl (C=O) groups is 1. The number of pyridine rings is 1. The maximum atomic E-state index is 12.2. The van der Waals surface area contributed by atoms with E-state index in [1.807, 2.05) is 0 Å². The Morgan fingerprint density at radius 3 is 2.57 bits per heavy atom. The molecule has 3 heteroatoms. The summed E-state index contributed by atoms with van der Waals surface area (Å²) < 4.78 is 1.76. The number of nitrogens with zero attached hydrogens (tertiary/aromatic N) is 1. The van der Waals surface area contributed by atoms with Crippen molar-refractivity contribution in [3.05, 3.63) is 68.6 Å². The predicted molar refractivity (Wildman–Crippen MR) is 83.0 cm³/mol. The summed E-state index contributed by atoms with van der Waals surface area (Å²) in [5, 5.41) is 0. The third-order valence-electron chi connectivity index (χ3n) is 4.33. The molecular formula is C18H19NO2. The lowest BCUT2D eigenvalue weighted by atomic mass is 9.94. The summed E-state index contributed by atoms with van der Waals surface area (Å²) in [6.07, 6.45) is 2.24. The van der Waals surface area contributed by atoms with Gasteiger partial charge < -0.3 is 4.57 Å². The number of benzene rings is 1. The molecule has 3 rings (SSSR count). The van der Waals surface area contributed by atoms with Crippen LogP contribution >= 0.6 is 0 Å². The zero-order valence-electron chi connectivity index (χ0n) is 12.5. The Bertz CT molecular complexity index is 771. The van der Waals surface area contributed by atoms with Gasteiger partial charge in [0.05, 0.1) is 6.54 Å². The molecule has 3 nitrogen and oxygen atoms in total. The monoisotopic (exact) mass is 281 g/mol. The third kappa shape index (κ3) is 2.56. The average molecular weight is 281 g/mol. The molecule has 0 N–H and O–H groups in total. The van der Waals surface area contributed by atoms with Gasteiger partial charge in [0.1, 0.15) is 0 Å². The fourth-order valence-electron chi connectivity index (χ4n) is 2.95. The molecule has 108 valence electrons. The van der Waals surface area contributed by atoms with Crippen molar-refractivity contribution >= 4 is 5.78 Å². The largest absolute Gasteiger partial charge is 0.308 e. The first-order valence-electron chi connectivity index (χ1n) is 7.38. The van der Waals surface area contributed by atoms with Crippen molar-refractivity contribution in [2.45, 2.75) is 39.7 Å². The smallest absolute Gasteiger partial charge is 0.251 e. The Kier molecular flexibility index (Phi) is 3.50. The van der Waals surface area contributed by atoms with E-state index in [1.165, 1.54) is 17.2 Å². The third-order valence-corrected chi connectivity index (χ3v) is 4.33. The van der Waals surface area contributed by atoms with E-state index >= 15 is 0 Å². The SMILES string of the molecule is Cc1ccc(Cn2c3c(ccc2=O)C(=O)CCC3)cc1C. The number of aromatic nitrogens is 1. The molecule has 0 atom stereocenters. The minimum absolute atomic E-state index is 0.0262. The molecule has 0 radical (unpaired) electrons. The zero-order chi connectivity index (χ0) is 15.0. The van der Waals surface area contributed by atoms with E-state index in [0.29, 0.717) is 13.0 Å². The molecule has 0 unspecified atom stereocenters. The highest BCUT2D eigenvalue weighted by Gasteiger charge is 2.20. The molecular weight excluding hydrogens is 262 g/mol. The van der Waals surface area contributed by atoms with E-state index in [1.54, 1.807) is 10.6 Å². The molecule has 1 aliphatic rings. The maximum Gasteiger partial charge on any atom is 0.251 e. The minimum Gasteiger partial charge on any atom is -0.308 e. The van der Waals surface area contributed by atoms with Gasteiger partial charge in [-0.05, 0) is 49.4 Å². The van der Waals surface area contributed by atoms with Crippen LogP contribution in [0.4, 0.5) is 0 Å². The van der Waals surface area contributed by atoms with Gasteiger partial charge in [-0.25, -0.2) is 0 Å². The van der Waals surface area contributed by atoms with Crippen molar-refractivity contribution in [1.29, 1.82) is 0 Å². The van der Waals surface area contributed by atoms with Crippen LogP contribution in [-0.4, -0.2) is 10.4 Å². The quantitative estimate of drug-likeness (QED) is 0.848. The van der Waals surface area contributed by atoms with Gasteiger partial charge in [0, 0.05) is 23.7 Å². The summed E-state index contributed by atoms with van der Waals surface area (Å²) in [5.74, 6) is 0.157. The number of fused-ring (bicyclic) bond motifs is 1. The highest BCUT2D eigenvalue weighted by Crippen LogP contribution is 2.20. The topological polar surface area (TPSA) is 39.1 Å². The Hall–Kier alpha value is -2.16. The summed E-state index contributed by atoms with van der Waals surface area (Å²) in [6, 6.07) is 9.46. The summed E-state index contributed by atoms with van der Waals surface area (Å²) in [6.45, 7) is 4.69. The number of carbonyl (C=O) groups excluding carboxylic acids is 1. The van der Waals surface area contributed by atoms with E-state index in [9.17, 15) is 9.59 Å². The molecule has 0 bridgehead atoms. The Morgan fingerprint density at radius 2 is 1.81 bits per heavy atom. The van der Waals surface area contributed by atoms with Gasteiger partial charge in [-0.15, -0.1) is 0 Å². The zero-order valence-corrected chi connectivity index (χ0v) is 12.5. The van der Waals surface area contributed by atoms with Crippen LogP contribution in [0.3, 0.4) is 0 Å². The number of rotatable bonds is 2. The van der Waals surface area contributed by atoms with Crippen LogP contribution in [0.2, 0.25) is 0 Å². The number of hydrogen-bond donors (Lipinski definition) is 0. The lowest BCUT2D eigenvalue weighted by molar-refractivity contribution is 0.0970. The number of aryl methyl sites for hydroxylation is 2. The van der Waals surface area contributed by atoms with E-state index in [2.05, 4.69) is 32.0 Å². The normalized spacial score (nSPS) is 14.1. The van der Waals surface area contributed by atoms with Crippen LogP contribution < -0.4 is 5.56 Å². The van der Waals surface area contributed by atoms with Crippen LogP contribution in [0, 0.1) is 13.8 Å². The molecule has 0 spiro atoms. The second-order valence-corrected chi connectivity index (χ2v) is 5.81. The molecule has 1 aliphatic carbocycles. The van der Waals surface area contributed by atoms with Gasteiger partial charge in [-0.1, -0.05) is 18.2 Å². The molecule has 0 saturated carbocycles. The summed E-state index contributed by atoms with van der Waals surface area (Å²) in [7, 11) is 0. The average Bonchev–Trinajstić information content (AvgIpc) is 2.46. The highest BCUT2D eigenvalue weighted by atomic mass is 16.1. The lowest BCUT2D eigenvalue weighted by Crippen LogP contribution is -2.28. The first-order chi connectivity index (χ1) is 10.1. The molecule has 0 amide bonds. The highest BCUT2D eigenvalue weighted by molar-refractivity contribution is 5.97. The predicted octanol–water partition coefficient (Wildman–Crippen LogP) is 3.03. The molecule has 0 fully saturated rings. The fraction of sp³-hybridized carbons (Fsp3) is 0.333. The van der Waals surface area contributed by atoms with Gasteiger partial charge in [0.2, 0.25) is 0 Å². The Labute approximate surface area is 124 Å². The second kappa shape index (κ2) is 5.32. The van der Waals surface area contributed by atoms with Gasteiger partial charge in [0.15, 0.2) is 5.78 Å². The van der Waals surface area contributed by atoms with Crippen LogP contribution in [0.15, 0.2) is 35.1 Å². The summed E-state index contributed by atoms with van der Waals surface area (Å²) >= 11 is 0. The van der Waals surface area contributed by atoms with Crippen LogP contribution in [0.1, 0.15) is 45.6 Å². The van der Waals surface area contributed by atoms with E-state index < -0.39 is 0 Å². The van der Waals surface area contributed by atoms with Gasteiger partial charge in [-0.2, -0.15) is 0 Å². The summed E-state index contributed by atoms with van der Waals surface area (Å²) in [5.41, 5.74) is 5.17. The molecule has 1 heterocycles. The molecule has 0 aliphatic heterocycles. The van der Waals surface area contributed by atoms with Crippen LogP contribution in [-0.2, 0) is 13.0 Å². The van der Waals surface area contributed by atoms with Crippen molar-refractivity contribution in [1.82, 2.24) is 4.57 Å². The molecule has 2 aromatic rings. The van der Waals surface area contributed by atoms with Gasteiger partial charge >= 0.3 is 0 Å². The van der Waals surface area contributed by atoms with E-state index in [-0.39, 0.29) is 11.3 Å². The first-order valence-corrected chi connectivity index (χ1v) is 7.38. The molecule has 0 saturated heterocycles. The van der Waals surface area contributed by atoms with Crippen LogP contribution in [0.25, 0.3) is 0 Å².